The molecule has 1 aromatic rings. The molecule has 172 valence electrons. The molecule has 2 aliphatic rings. The molecule has 1 saturated heterocycles. The highest BCUT2D eigenvalue weighted by Gasteiger charge is 2.36. The van der Waals surface area contributed by atoms with Crippen molar-refractivity contribution in [1.29, 1.82) is 0 Å². The molecule has 2 amide bonds. The van der Waals surface area contributed by atoms with E-state index in [1.165, 1.54) is 0 Å². The van der Waals surface area contributed by atoms with Crippen LogP contribution in [0.15, 0.2) is 12.1 Å². The van der Waals surface area contributed by atoms with E-state index in [0.29, 0.717) is 48.0 Å². The first-order chi connectivity index (χ1) is 14.9. The molecule has 31 heavy (non-hydrogen) atoms. The number of carbonyl (C=O) groups excluding carboxylic acids is 2. The zero-order valence-electron chi connectivity index (χ0n) is 18.9. The van der Waals surface area contributed by atoms with Crippen LogP contribution in [0.5, 0.6) is 5.75 Å². The van der Waals surface area contributed by atoms with Gasteiger partial charge in [-0.15, -0.1) is 0 Å². The van der Waals surface area contributed by atoms with E-state index in [1.807, 2.05) is 25.7 Å². The fraction of sp³-hybridized carbons (Fsp3) is 0.652. The smallest absolute Gasteiger partial charge is 0.268 e. The largest absolute Gasteiger partial charge is 0.478 e. The van der Waals surface area contributed by atoms with Gasteiger partial charge < -0.3 is 24.6 Å². The van der Waals surface area contributed by atoms with E-state index in [4.69, 9.17) is 21.1 Å². The molecule has 8 heteroatoms. The fourth-order valence-corrected chi connectivity index (χ4v) is 4.63. The van der Waals surface area contributed by atoms with E-state index in [-0.39, 0.29) is 23.9 Å². The molecular weight excluding hydrogens is 418 g/mol. The Hall–Kier alpha value is -1.83. The third-order valence-electron chi connectivity index (χ3n) is 5.94. The van der Waals surface area contributed by atoms with Crippen LogP contribution in [-0.4, -0.2) is 68.3 Å². The highest BCUT2D eigenvalue weighted by Crippen LogP contribution is 2.39. The minimum atomic E-state index is -0.548. The van der Waals surface area contributed by atoms with Crippen LogP contribution >= 0.6 is 11.6 Å². The van der Waals surface area contributed by atoms with Crippen molar-refractivity contribution in [1.82, 2.24) is 10.2 Å². The van der Waals surface area contributed by atoms with Crippen LogP contribution < -0.4 is 15.0 Å². The number of rotatable bonds is 8. The molecule has 2 aliphatic heterocycles. The Balaban J connectivity index is 1.97. The van der Waals surface area contributed by atoms with Gasteiger partial charge in [0.2, 0.25) is 0 Å². The average molecular weight is 452 g/mol. The Morgan fingerprint density at radius 1 is 1.42 bits per heavy atom. The molecule has 1 N–H and O–H groups in total. The SMILES string of the molecule is CCC1Oc2cc(Cl)c(C(=O)N(C(C)C)[C@@H]3CCCNC3)cc2N(CCCOC)C1=O. The maximum Gasteiger partial charge on any atom is 0.268 e. The molecule has 1 unspecified atom stereocenters. The summed E-state index contributed by atoms with van der Waals surface area (Å²) >= 11 is 6.58. The van der Waals surface area contributed by atoms with Crippen molar-refractivity contribution >= 4 is 29.1 Å². The van der Waals surface area contributed by atoms with Gasteiger partial charge in [-0.25, -0.2) is 0 Å². The first-order valence-corrected chi connectivity index (χ1v) is 11.6. The minimum absolute atomic E-state index is 0.0321. The molecule has 7 nitrogen and oxygen atoms in total. The number of hydrogen-bond acceptors (Lipinski definition) is 5. The van der Waals surface area contributed by atoms with Gasteiger partial charge in [-0.2, -0.15) is 0 Å². The second kappa shape index (κ2) is 10.7. The number of carbonyl (C=O) groups is 2. The summed E-state index contributed by atoms with van der Waals surface area (Å²) in [6.07, 6.45) is 2.70. The van der Waals surface area contributed by atoms with Crippen molar-refractivity contribution in [3.63, 3.8) is 0 Å². The van der Waals surface area contributed by atoms with Crippen LogP contribution in [0.25, 0.3) is 0 Å². The quantitative estimate of drug-likeness (QED) is 0.612. The lowest BCUT2D eigenvalue weighted by atomic mass is 10.0. The number of nitrogens with one attached hydrogen (secondary N) is 1. The van der Waals surface area contributed by atoms with Crippen LogP contribution in [0.3, 0.4) is 0 Å². The highest BCUT2D eigenvalue weighted by molar-refractivity contribution is 6.34. The lowest BCUT2D eigenvalue weighted by Crippen LogP contribution is -2.51. The summed E-state index contributed by atoms with van der Waals surface area (Å²) in [5.41, 5.74) is 1.01. The van der Waals surface area contributed by atoms with Crippen molar-refractivity contribution in [2.75, 3.05) is 38.3 Å². The zero-order chi connectivity index (χ0) is 22.5. The first kappa shape index (κ1) is 23.8. The summed E-state index contributed by atoms with van der Waals surface area (Å²) in [5, 5.41) is 3.73. The molecule has 2 heterocycles. The molecule has 0 bridgehead atoms. The molecule has 3 rings (SSSR count). The Morgan fingerprint density at radius 2 is 2.19 bits per heavy atom. The van der Waals surface area contributed by atoms with E-state index >= 15 is 0 Å². The Morgan fingerprint density at radius 3 is 2.81 bits per heavy atom. The van der Waals surface area contributed by atoms with E-state index in [1.54, 1.807) is 24.1 Å². The van der Waals surface area contributed by atoms with Crippen LogP contribution in [0.2, 0.25) is 5.02 Å². The predicted molar refractivity (Wildman–Crippen MR) is 122 cm³/mol. The second-order valence-electron chi connectivity index (χ2n) is 8.46. The van der Waals surface area contributed by atoms with Crippen molar-refractivity contribution in [2.45, 2.75) is 64.6 Å². The van der Waals surface area contributed by atoms with Crippen LogP contribution in [0.1, 0.15) is 56.8 Å². The van der Waals surface area contributed by atoms with Gasteiger partial charge in [0.05, 0.1) is 16.3 Å². The average Bonchev–Trinajstić information content (AvgIpc) is 2.75. The summed E-state index contributed by atoms with van der Waals surface area (Å²) in [7, 11) is 1.64. The van der Waals surface area contributed by atoms with Gasteiger partial charge >= 0.3 is 0 Å². The molecule has 0 radical (unpaired) electrons. The topological polar surface area (TPSA) is 71.1 Å². The summed E-state index contributed by atoms with van der Waals surface area (Å²) in [4.78, 5) is 30.2. The molecular formula is C23H34ClN3O4. The second-order valence-corrected chi connectivity index (χ2v) is 8.86. The first-order valence-electron chi connectivity index (χ1n) is 11.2. The number of ether oxygens (including phenoxy) is 2. The van der Waals surface area contributed by atoms with Gasteiger partial charge in [0.15, 0.2) is 6.10 Å². The number of halogens is 1. The van der Waals surface area contributed by atoms with Gasteiger partial charge in [0.25, 0.3) is 11.8 Å². The number of fused-ring (bicyclic) bond motifs is 1. The van der Waals surface area contributed by atoms with Crippen molar-refractivity contribution < 1.29 is 19.1 Å². The molecule has 0 aliphatic carbocycles. The van der Waals surface area contributed by atoms with Gasteiger partial charge in [-0.05, 0) is 52.1 Å². The Kier molecular flexibility index (Phi) is 8.19. The maximum atomic E-state index is 13.6. The van der Waals surface area contributed by atoms with Crippen LogP contribution in [0.4, 0.5) is 5.69 Å². The summed E-state index contributed by atoms with van der Waals surface area (Å²) in [6.45, 7) is 8.75. The van der Waals surface area contributed by atoms with E-state index in [0.717, 1.165) is 25.9 Å². The van der Waals surface area contributed by atoms with Gasteiger partial charge in [0.1, 0.15) is 5.75 Å². The third kappa shape index (κ3) is 5.16. The van der Waals surface area contributed by atoms with Gasteiger partial charge in [-0.1, -0.05) is 18.5 Å². The number of amides is 2. The highest BCUT2D eigenvalue weighted by atomic mass is 35.5. The van der Waals surface area contributed by atoms with E-state index in [2.05, 4.69) is 5.32 Å². The molecule has 1 aromatic carbocycles. The number of benzene rings is 1. The fourth-order valence-electron chi connectivity index (χ4n) is 4.40. The Labute approximate surface area is 190 Å². The number of nitrogens with zero attached hydrogens (tertiary/aromatic N) is 2. The lowest BCUT2D eigenvalue weighted by molar-refractivity contribution is -0.126. The predicted octanol–water partition coefficient (Wildman–Crippen LogP) is 3.48. The third-order valence-corrected chi connectivity index (χ3v) is 6.25. The monoisotopic (exact) mass is 451 g/mol. The maximum absolute atomic E-state index is 13.6. The van der Waals surface area contributed by atoms with Crippen molar-refractivity contribution in [3.05, 3.63) is 22.7 Å². The number of methoxy groups -OCH3 is 1. The summed E-state index contributed by atoms with van der Waals surface area (Å²) in [5.74, 6) is 0.336. The van der Waals surface area contributed by atoms with Gasteiger partial charge in [0, 0.05) is 45.0 Å². The zero-order valence-corrected chi connectivity index (χ0v) is 19.7. The molecule has 0 saturated carbocycles. The molecule has 0 spiro atoms. The van der Waals surface area contributed by atoms with Crippen molar-refractivity contribution in [3.8, 4) is 5.75 Å². The number of hydrogen-bond donors (Lipinski definition) is 1. The minimum Gasteiger partial charge on any atom is -0.478 e. The van der Waals surface area contributed by atoms with Crippen molar-refractivity contribution in [2.24, 2.45) is 0 Å². The standard InChI is InChI=1S/C23H34ClN3O4/c1-5-20-23(29)26(10-7-11-30-4)19-12-17(18(24)13-21(19)31-20)22(28)27(15(2)3)16-8-6-9-25-14-16/h12-13,15-16,20,25H,5-11,14H2,1-4H3/t16-,20?/m1/s1. The summed E-state index contributed by atoms with van der Waals surface area (Å²) in [6, 6.07) is 3.56. The summed E-state index contributed by atoms with van der Waals surface area (Å²) < 4.78 is 11.1. The molecule has 0 aromatic heterocycles. The normalized spacial score (nSPS) is 21.1. The van der Waals surface area contributed by atoms with E-state index in [9.17, 15) is 9.59 Å². The van der Waals surface area contributed by atoms with Crippen LogP contribution in [0, 0.1) is 0 Å². The number of anilines is 1. The Bertz CT molecular complexity index is 795. The lowest BCUT2D eigenvalue weighted by Gasteiger charge is -2.38. The molecule has 2 atom stereocenters. The van der Waals surface area contributed by atoms with Gasteiger partial charge in [-0.3, -0.25) is 9.59 Å². The molecule has 1 fully saturated rings. The number of piperidine rings is 1. The van der Waals surface area contributed by atoms with E-state index < -0.39 is 6.10 Å². The van der Waals surface area contributed by atoms with Crippen LogP contribution in [-0.2, 0) is 9.53 Å².